The molecule has 0 aliphatic carbocycles. The summed E-state index contributed by atoms with van der Waals surface area (Å²) in [5, 5.41) is 6.55. The minimum atomic E-state index is -4.67. The van der Waals surface area contributed by atoms with E-state index in [-0.39, 0.29) is 15.0 Å². The van der Waals surface area contributed by atoms with Crippen LogP contribution >= 0.6 is 0 Å². The molecule has 0 saturated carbocycles. The molecule has 0 atom stereocenters. The maximum absolute atomic E-state index is 8.74. The predicted octanol–water partition coefficient (Wildman–Crippen LogP) is -1.02. The summed E-state index contributed by atoms with van der Waals surface area (Å²) in [7, 11) is -4.67. The molecule has 0 aromatic heterocycles. The summed E-state index contributed by atoms with van der Waals surface area (Å²) < 4.78 is 31.9. The number of hydrogen-bond acceptors (Lipinski definition) is 3. The van der Waals surface area contributed by atoms with E-state index in [4.69, 9.17) is 28.7 Å². The first kappa shape index (κ1) is 12.5. The second kappa shape index (κ2) is 5.63. The molecule has 0 aromatic carbocycles. The van der Waals surface area contributed by atoms with E-state index >= 15 is 0 Å². The van der Waals surface area contributed by atoms with Gasteiger partial charge in [-0.3, -0.25) is 9.11 Å². The maximum Gasteiger partial charge on any atom is 0.394 e. The van der Waals surface area contributed by atoms with Gasteiger partial charge in [-0.2, -0.15) is 8.42 Å². The molecule has 0 radical (unpaired) electrons. The van der Waals surface area contributed by atoms with Gasteiger partial charge >= 0.3 is 47.1 Å². The minimum absolute atomic E-state index is 0.236. The van der Waals surface area contributed by atoms with E-state index in [1.54, 1.807) is 0 Å². The normalized spacial score (nSPS) is 9.50. The quantitative estimate of drug-likeness (QED) is 0.200. The van der Waals surface area contributed by atoms with E-state index in [1.165, 1.54) is 0 Å². The van der Waals surface area contributed by atoms with Crippen LogP contribution in [0.5, 0.6) is 0 Å². The van der Waals surface area contributed by atoms with Crippen molar-refractivity contribution >= 4 is 30.1 Å². The first-order chi connectivity index (χ1) is 4.27. The molecule has 8 heteroatoms. The first-order valence-corrected chi connectivity index (χ1v) is 5.82. The van der Waals surface area contributed by atoms with E-state index in [0.29, 0.717) is 4.73 Å². The average Bonchev–Trinajstić information content (AvgIpc) is 1.61. The molecule has 0 aromatic rings. The fourth-order valence-corrected chi connectivity index (χ4v) is 0. The monoisotopic (exact) mass is 236 g/mol. The Labute approximate surface area is 65.0 Å². The van der Waals surface area contributed by atoms with Gasteiger partial charge in [-0.15, -0.1) is 0 Å². The molecule has 62 valence electrons. The molecule has 10 heavy (non-hydrogen) atoms. The van der Waals surface area contributed by atoms with Crippen molar-refractivity contribution in [2.45, 2.75) is 5.82 Å². The molecular formula is C2H8N2O4SSe. The Bertz CT molecular complexity index is 179. The Morgan fingerprint density at radius 3 is 1.70 bits per heavy atom. The summed E-state index contributed by atoms with van der Waals surface area (Å²) >= 11 is 0.236. The van der Waals surface area contributed by atoms with Crippen LogP contribution in [0.25, 0.3) is 0 Å². The zero-order valence-corrected chi connectivity index (χ0v) is 7.63. The van der Waals surface area contributed by atoms with Crippen molar-refractivity contribution in [2.75, 3.05) is 0 Å². The summed E-state index contributed by atoms with van der Waals surface area (Å²) in [4.78, 5) is 0. The van der Waals surface area contributed by atoms with Gasteiger partial charge < -0.3 is 0 Å². The van der Waals surface area contributed by atoms with Crippen LogP contribution in [0.4, 0.5) is 0 Å². The summed E-state index contributed by atoms with van der Waals surface area (Å²) in [6, 6.07) is 0. The van der Waals surface area contributed by atoms with Crippen LogP contribution in [-0.4, -0.2) is 37.2 Å². The van der Waals surface area contributed by atoms with Crippen LogP contribution in [0.15, 0.2) is 0 Å². The van der Waals surface area contributed by atoms with E-state index < -0.39 is 10.4 Å². The Hall–Kier alpha value is -0.141. The topological polar surface area (TPSA) is 124 Å². The molecule has 6 nitrogen and oxygen atoms in total. The third-order valence-corrected chi connectivity index (χ3v) is 1.14. The van der Waals surface area contributed by atoms with Gasteiger partial charge in [0.05, 0.1) is 0 Å². The van der Waals surface area contributed by atoms with Gasteiger partial charge in [0, 0.05) is 0 Å². The average molecular weight is 235 g/mol. The summed E-state index contributed by atoms with van der Waals surface area (Å²) in [6.45, 7) is 0. The summed E-state index contributed by atoms with van der Waals surface area (Å²) in [5.74, 6) is 1.91. The van der Waals surface area contributed by atoms with Crippen molar-refractivity contribution in [1.29, 1.82) is 5.41 Å². The standard InChI is InChI=1S/C2H6N2Se.H2O4S/c1-5-2(3)4;1-5(2,3)4/h1H3,(H3,3,4);(H2,1,2,3,4). The van der Waals surface area contributed by atoms with Crippen molar-refractivity contribution in [3.63, 3.8) is 0 Å². The van der Waals surface area contributed by atoms with Gasteiger partial charge in [0.1, 0.15) is 0 Å². The smallest absolute Gasteiger partial charge is 0.264 e. The van der Waals surface area contributed by atoms with Gasteiger partial charge in [-0.25, -0.2) is 0 Å². The van der Waals surface area contributed by atoms with E-state index in [9.17, 15) is 0 Å². The van der Waals surface area contributed by atoms with Crippen molar-refractivity contribution in [3.8, 4) is 0 Å². The molecule has 0 aliphatic rings. The molecule has 0 unspecified atom stereocenters. The van der Waals surface area contributed by atoms with Crippen LogP contribution in [0.2, 0.25) is 5.82 Å². The Morgan fingerprint density at radius 2 is 1.70 bits per heavy atom. The Kier molecular flexibility index (Phi) is 7.05. The van der Waals surface area contributed by atoms with Crippen LogP contribution in [-0.2, 0) is 10.4 Å². The Morgan fingerprint density at radius 1 is 1.60 bits per heavy atom. The molecule has 0 spiro atoms. The molecule has 0 aliphatic heterocycles. The molecule has 0 fully saturated rings. The second-order valence-corrected chi connectivity index (χ2v) is 3.69. The second-order valence-electron chi connectivity index (χ2n) is 1.02. The molecule has 0 rings (SSSR count). The van der Waals surface area contributed by atoms with Crippen molar-refractivity contribution in [2.24, 2.45) is 5.73 Å². The van der Waals surface area contributed by atoms with Gasteiger partial charge in [0.2, 0.25) is 0 Å². The van der Waals surface area contributed by atoms with Gasteiger partial charge in [0.15, 0.2) is 0 Å². The number of amidine groups is 1. The zero-order chi connectivity index (χ0) is 8.78. The molecule has 0 heterocycles. The van der Waals surface area contributed by atoms with Crippen molar-refractivity contribution in [3.05, 3.63) is 0 Å². The van der Waals surface area contributed by atoms with Crippen LogP contribution < -0.4 is 5.73 Å². The molecule has 0 saturated heterocycles. The van der Waals surface area contributed by atoms with E-state index in [2.05, 4.69) is 0 Å². The number of nitrogens with one attached hydrogen (secondary N) is 1. The van der Waals surface area contributed by atoms with E-state index in [0.717, 1.165) is 0 Å². The number of nitrogens with two attached hydrogens (primary N) is 1. The fraction of sp³-hybridized carbons (Fsp3) is 0.500. The third-order valence-electron chi connectivity index (χ3n) is 0.220. The summed E-state index contributed by atoms with van der Waals surface area (Å²) in [6.07, 6.45) is 0. The summed E-state index contributed by atoms with van der Waals surface area (Å²) in [5.41, 5.74) is 4.90. The SMILES string of the molecule is C[Se]C(=N)N.O=S(=O)(O)O. The van der Waals surface area contributed by atoms with Crippen LogP contribution in [0.1, 0.15) is 0 Å². The third kappa shape index (κ3) is 107. The van der Waals surface area contributed by atoms with Crippen molar-refractivity contribution < 1.29 is 17.5 Å². The van der Waals surface area contributed by atoms with Crippen LogP contribution in [0, 0.1) is 5.41 Å². The number of rotatable bonds is 1. The molecule has 0 amide bonds. The maximum atomic E-state index is 8.74. The van der Waals surface area contributed by atoms with Gasteiger partial charge in [-0.05, 0) is 0 Å². The van der Waals surface area contributed by atoms with Crippen LogP contribution in [0.3, 0.4) is 0 Å². The van der Waals surface area contributed by atoms with Crippen molar-refractivity contribution in [1.82, 2.24) is 0 Å². The molecule has 5 N–H and O–H groups in total. The largest absolute Gasteiger partial charge is 0.394 e. The predicted molar refractivity (Wildman–Crippen MR) is 37.7 cm³/mol. The fourth-order valence-electron chi connectivity index (χ4n) is 0. The molecular weight excluding hydrogens is 227 g/mol. The Balaban J connectivity index is 0. The van der Waals surface area contributed by atoms with Gasteiger partial charge in [-0.1, -0.05) is 0 Å². The van der Waals surface area contributed by atoms with E-state index in [1.807, 2.05) is 5.82 Å². The first-order valence-electron chi connectivity index (χ1n) is 1.85. The minimum Gasteiger partial charge on any atom is -0.264 e. The van der Waals surface area contributed by atoms with Gasteiger partial charge in [0.25, 0.3) is 0 Å². The number of hydrogen-bond donors (Lipinski definition) is 4. The molecule has 0 bridgehead atoms. The zero-order valence-electron chi connectivity index (χ0n) is 5.10.